The molecule has 0 unspecified atom stereocenters. The van der Waals surface area contributed by atoms with Gasteiger partial charge < -0.3 is 47.0 Å². The van der Waals surface area contributed by atoms with Gasteiger partial charge in [-0.05, 0) is 17.7 Å². The second kappa shape index (κ2) is 16.8. The van der Waals surface area contributed by atoms with Crippen LogP contribution in [0.3, 0.4) is 0 Å². The minimum atomic E-state index is -1.67. The Kier molecular flexibility index (Phi) is 12.5. The van der Waals surface area contributed by atoms with E-state index in [2.05, 4.69) is 0 Å². The van der Waals surface area contributed by atoms with Crippen molar-refractivity contribution in [2.24, 2.45) is 0 Å². The van der Waals surface area contributed by atoms with Crippen LogP contribution in [0.1, 0.15) is 48.5 Å². The molecule has 53 heavy (non-hydrogen) atoms. The van der Waals surface area contributed by atoms with Gasteiger partial charge in [0.2, 0.25) is 17.8 Å². The zero-order chi connectivity index (χ0) is 39.1. The summed E-state index contributed by atoms with van der Waals surface area (Å²) >= 11 is 0. The first-order valence-corrected chi connectivity index (χ1v) is 15.7. The molecule has 18 heteroatoms. The predicted octanol–water partition coefficient (Wildman–Crippen LogP) is 2.70. The van der Waals surface area contributed by atoms with Gasteiger partial charge >= 0.3 is 41.8 Å². The molecule has 0 saturated carbocycles. The predicted molar refractivity (Wildman–Crippen MR) is 174 cm³/mol. The highest BCUT2D eigenvalue weighted by Crippen LogP contribution is 2.37. The molecule has 4 rings (SSSR count). The summed E-state index contributed by atoms with van der Waals surface area (Å²) < 4.78 is 54.7. The van der Waals surface area contributed by atoms with E-state index in [-0.39, 0.29) is 45.1 Å². The Morgan fingerprint density at radius 2 is 1.19 bits per heavy atom. The van der Waals surface area contributed by atoms with E-state index in [0.717, 1.165) is 60.8 Å². The van der Waals surface area contributed by atoms with Crippen molar-refractivity contribution in [1.29, 1.82) is 0 Å². The molecule has 1 aliphatic heterocycles. The molecule has 1 aromatic heterocycles. The minimum absolute atomic E-state index is 0.0815. The van der Waals surface area contributed by atoms with Crippen molar-refractivity contribution in [1.82, 2.24) is 0 Å². The van der Waals surface area contributed by atoms with Crippen LogP contribution in [0.5, 0.6) is 23.0 Å². The molecule has 2 aromatic carbocycles. The monoisotopic (exact) mass is 742 g/mol. The maximum atomic E-state index is 13.9. The number of hydrogen-bond acceptors (Lipinski definition) is 18. The second-order valence-corrected chi connectivity index (χ2v) is 11.4. The van der Waals surface area contributed by atoms with Gasteiger partial charge in [0.25, 0.3) is 0 Å². The van der Waals surface area contributed by atoms with Crippen molar-refractivity contribution in [2.75, 3.05) is 6.61 Å². The van der Waals surface area contributed by atoms with Gasteiger partial charge in [0.15, 0.2) is 23.7 Å². The summed E-state index contributed by atoms with van der Waals surface area (Å²) in [5.41, 5.74) is -0.799. The van der Waals surface area contributed by atoms with Crippen LogP contribution in [-0.4, -0.2) is 79.1 Å². The summed E-state index contributed by atoms with van der Waals surface area (Å²) in [6.07, 6.45) is -6.52. The number of ether oxygens (including phenoxy) is 9. The maximum absolute atomic E-state index is 13.9. The summed E-state index contributed by atoms with van der Waals surface area (Å²) in [7, 11) is 0. The van der Waals surface area contributed by atoms with E-state index in [0.29, 0.717) is 0 Å². The zero-order valence-electron chi connectivity index (χ0n) is 29.4. The van der Waals surface area contributed by atoms with Gasteiger partial charge in [0.05, 0.1) is 5.56 Å². The highest BCUT2D eigenvalue weighted by Gasteiger charge is 2.53. The van der Waals surface area contributed by atoms with Gasteiger partial charge in [-0.25, -0.2) is 0 Å². The smallest absolute Gasteiger partial charge is 0.308 e. The molecule has 0 N–H and O–H groups in total. The molecule has 0 radical (unpaired) electrons. The van der Waals surface area contributed by atoms with Gasteiger partial charge in [-0.3, -0.25) is 38.4 Å². The van der Waals surface area contributed by atoms with Gasteiger partial charge in [0.1, 0.15) is 41.4 Å². The Hall–Kier alpha value is -6.30. The van der Waals surface area contributed by atoms with Crippen LogP contribution in [0.15, 0.2) is 45.8 Å². The fourth-order valence-corrected chi connectivity index (χ4v) is 5.26. The van der Waals surface area contributed by atoms with Crippen molar-refractivity contribution >= 4 is 52.8 Å². The Morgan fingerprint density at radius 3 is 1.77 bits per heavy atom. The highest BCUT2D eigenvalue weighted by molar-refractivity contribution is 5.90. The molecule has 18 nitrogen and oxygen atoms in total. The first-order valence-electron chi connectivity index (χ1n) is 15.7. The number of hydrogen-bond donors (Lipinski definition) is 0. The number of fused-ring (bicyclic) bond motifs is 1. The second-order valence-electron chi connectivity index (χ2n) is 11.4. The lowest BCUT2D eigenvalue weighted by Crippen LogP contribution is -2.63. The van der Waals surface area contributed by atoms with E-state index in [9.17, 15) is 38.4 Å². The quantitative estimate of drug-likeness (QED) is 0.156. The van der Waals surface area contributed by atoms with Crippen LogP contribution in [0.2, 0.25) is 0 Å². The molecular weight excluding hydrogens is 708 g/mol. The van der Waals surface area contributed by atoms with Crippen LogP contribution < -0.4 is 24.4 Å². The van der Waals surface area contributed by atoms with Crippen LogP contribution in [0.4, 0.5) is 0 Å². The van der Waals surface area contributed by atoms with E-state index in [4.69, 9.17) is 47.0 Å². The van der Waals surface area contributed by atoms with Crippen LogP contribution in [-0.2, 0) is 57.2 Å². The summed E-state index contributed by atoms with van der Waals surface area (Å²) in [6, 6.07) is 6.32. The number of rotatable bonds is 11. The van der Waals surface area contributed by atoms with E-state index in [1.807, 2.05) is 0 Å². The molecular formula is C35H34O18. The van der Waals surface area contributed by atoms with Gasteiger partial charge in [0, 0.05) is 60.6 Å². The Labute approximate surface area is 300 Å². The van der Waals surface area contributed by atoms with E-state index >= 15 is 0 Å². The third-order valence-electron chi connectivity index (χ3n) is 7.03. The summed E-state index contributed by atoms with van der Waals surface area (Å²) in [4.78, 5) is 97.6. The lowest BCUT2D eigenvalue weighted by molar-refractivity contribution is -0.288. The summed E-state index contributed by atoms with van der Waals surface area (Å²) in [6.45, 7) is 7.11. The third kappa shape index (κ3) is 10.2. The molecule has 0 aliphatic carbocycles. The van der Waals surface area contributed by atoms with Crippen molar-refractivity contribution in [3.63, 3.8) is 0 Å². The molecule has 5 atom stereocenters. The van der Waals surface area contributed by atoms with Gasteiger partial charge in [-0.15, -0.1) is 0 Å². The summed E-state index contributed by atoms with van der Waals surface area (Å²) in [5, 5.41) is -0.232. The summed E-state index contributed by atoms with van der Waals surface area (Å²) in [5.74, 6) is -6.35. The molecule has 2 heterocycles. The Morgan fingerprint density at radius 1 is 0.623 bits per heavy atom. The van der Waals surface area contributed by atoms with Gasteiger partial charge in [-0.2, -0.15) is 0 Å². The average Bonchev–Trinajstić information content (AvgIpc) is 3.02. The van der Waals surface area contributed by atoms with Crippen molar-refractivity contribution in [3.8, 4) is 34.1 Å². The average molecular weight is 743 g/mol. The molecule has 1 fully saturated rings. The minimum Gasteiger partial charge on any atom is -0.463 e. The lowest BCUT2D eigenvalue weighted by atomic mass is 9.98. The topological polar surface area (TPSA) is 233 Å². The maximum Gasteiger partial charge on any atom is 0.308 e. The molecule has 0 bridgehead atoms. The fraction of sp³-hybridized carbons (Fsp3) is 0.371. The van der Waals surface area contributed by atoms with Crippen LogP contribution in [0, 0.1) is 0 Å². The number of carbonyl (C=O) groups is 7. The number of carbonyl (C=O) groups excluding carboxylic acids is 7. The Balaban J connectivity index is 1.83. The van der Waals surface area contributed by atoms with Crippen LogP contribution in [0.25, 0.3) is 22.1 Å². The molecule has 3 aromatic rings. The van der Waals surface area contributed by atoms with E-state index in [1.165, 1.54) is 24.3 Å². The molecule has 0 spiro atoms. The lowest BCUT2D eigenvalue weighted by Gasteiger charge is -2.43. The number of esters is 7. The molecule has 0 amide bonds. The van der Waals surface area contributed by atoms with Crippen molar-refractivity contribution < 1.29 is 80.6 Å². The van der Waals surface area contributed by atoms with E-state index < -0.39 is 84.5 Å². The van der Waals surface area contributed by atoms with Crippen molar-refractivity contribution in [3.05, 3.63) is 46.8 Å². The first-order chi connectivity index (χ1) is 24.9. The fourth-order valence-electron chi connectivity index (χ4n) is 5.26. The largest absolute Gasteiger partial charge is 0.463 e. The number of benzene rings is 2. The standard InChI is InChI=1S/C35H34O18/c1-15(36)44-14-29-32(49-19(5)40)33(50-20(6)41)34(51-21(7)42)35(53-29)52-23-11-27-30(28(12-23)48-18(4)39)31(43)24(13-45-27)22-8-9-25(46-16(2)37)26(10-22)47-17(3)38/h8-13,29,32-35H,14H2,1-7H3/t29-,32-,33+,34-,35-/m1/s1. The highest BCUT2D eigenvalue weighted by atomic mass is 16.7. The van der Waals surface area contributed by atoms with Crippen molar-refractivity contribution in [2.45, 2.75) is 79.2 Å². The van der Waals surface area contributed by atoms with E-state index in [1.54, 1.807) is 0 Å². The molecule has 1 saturated heterocycles. The molecule has 282 valence electrons. The SMILES string of the molecule is CC(=O)OC[C@H]1O[C@@H](Oc2cc(OC(C)=O)c3c(=O)c(-c4ccc(OC(C)=O)c(OC(C)=O)c4)coc3c2)[C@H](OC(C)=O)[C@@H](OC(C)=O)[C@@H]1OC(C)=O. The van der Waals surface area contributed by atoms with Crippen LogP contribution >= 0.6 is 0 Å². The third-order valence-corrected chi connectivity index (χ3v) is 7.03. The zero-order valence-corrected chi connectivity index (χ0v) is 29.4. The normalized spacial score (nSPS) is 19.3. The first kappa shape index (κ1) is 39.5. The van der Waals surface area contributed by atoms with Gasteiger partial charge in [-0.1, -0.05) is 6.07 Å². The Bertz CT molecular complexity index is 2010. The molecule has 1 aliphatic rings.